The number of nitro benzene ring substituents is 1. The third-order valence-corrected chi connectivity index (χ3v) is 6.14. The second-order valence-corrected chi connectivity index (χ2v) is 8.55. The van der Waals surface area contributed by atoms with E-state index in [2.05, 4.69) is 10.5 Å². The number of oxime groups is 1. The Morgan fingerprint density at radius 2 is 1.73 bits per heavy atom. The van der Waals surface area contributed by atoms with E-state index in [1.165, 1.54) is 36.3 Å². The average Bonchev–Trinajstić information content (AvgIpc) is 3.36. The largest absolute Gasteiger partial charge is 0.399 e. The molecule has 0 aromatic heterocycles. The number of likely N-dealkylation sites (tertiary alicyclic amines) is 1. The SMILES string of the molecule is CON=C1C[C@@H](C(=O)NCC(O)c2ccc([N+](=O)[O-])cc2)N(C(=O)c2ccc(-c3ccccc3)cc2)C1. The number of nitro groups is 1. The lowest BCUT2D eigenvalue weighted by Crippen LogP contribution is -2.46. The molecule has 1 aliphatic rings. The molecule has 190 valence electrons. The van der Waals surface area contributed by atoms with E-state index in [1.807, 2.05) is 42.5 Å². The van der Waals surface area contributed by atoms with E-state index in [0.29, 0.717) is 16.8 Å². The lowest BCUT2D eigenvalue weighted by Gasteiger charge is -2.24. The maximum atomic E-state index is 13.4. The Morgan fingerprint density at radius 1 is 1.08 bits per heavy atom. The van der Waals surface area contributed by atoms with Gasteiger partial charge in [0, 0.05) is 30.7 Å². The van der Waals surface area contributed by atoms with Gasteiger partial charge in [-0.2, -0.15) is 0 Å². The Morgan fingerprint density at radius 3 is 2.35 bits per heavy atom. The van der Waals surface area contributed by atoms with Gasteiger partial charge in [-0.15, -0.1) is 0 Å². The molecule has 0 saturated carbocycles. The van der Waals surface area contributed by atoms with E-state index in [1.54, 1.807) is 12.1 Å². The van der Waals surface area contributed by atoms with Crippen molar-refractivity contribution >= 4 is 23.2 Å². The van der Waals surface area contributed by atoms with Crippen LogP contribution in [-0.4, -0.2) is 58.7 Å². The molecule has 2 N–H and O–H groups in total. The van der Waals surface area contributed by atoms with Crippen molar-refractivity contribution in [1.29, 1.82) is 0 Å². The summed E-state index contributed by atoms with van der Waals surface area (Å²) in [5.74, 6) is -0.770. The van der Waals surface area contributed by atoms with Crippen LogP contribution in [0.25, 0.3) is 11.1 Å². The minimum atomic E-state index is -1.08. The van der Waals surface area contributed by atoms with Crippen LogP contribution in [0.15, 0.2) is 84.0 Å². The van der Waals surface area contributed by atoms with Crippen LogP contribution in [0, 0.1) is 10.1 Å². The minimum Gasteiger partial charge on any atom is -0.399 e. The normalized spacial score (nSPS) is 16.9. The van der Waals surface area contributed by atoms with E-state index >= 15 is 0 Å². The number of aliphatic hydroxyl groups is 1. The van der Waals surface area contributed by atoms with Crippen LogP contribution < -0.4 is 5.32 Å². The number of amides is 2. The Labute approximate surface area is 213 Å². The van der Waals surface area contributed by atoms with Crippen molar-refractivity contribution < 1.29 is 24.5 Å². The molecule has 3 aromatic rings. The number of nitrogens with one attached hydrogen (secondary N) is 1. The molecule has 1 unspecified atom stereocenters. The van der Waals surface area contributed by atoms with Gasteiger partial charge in [-0.3, -0.25) is 19.7 Å². The number of aliphatic hydroxyl groups excluding tert-OH is 1. The van der Waals surface area contributed by atoms with Gasteiger partial charge in [0.1, 0.15) is 13.2 Å². The number of carbonyl (C=O) groups is 2. The van der Waals surface area contributed by atoms with Gasteiger partial charge in [0.15, 0.2) is 0 Å². The van der Waals surface area contributed by atoms with Gasteiger partial charge in [0.2, 0.25) is 5.91 Å². The van der Waals surface area contributed by atoms with Crippen LogP contribution >= 0.6 is 0 Å². The summed E-state index contributed by atoms with van der Waals surface area (Å²) in [4.78, 5) is 43.0. The van der Waals surface area contributed by atoms with Gasteiger partial charge >= 0.3 is 0 Å². The molecule has 0 bridgehead atoms. The molecule has 0 spiro atoms. The zero-order chi connectivity index (χ0) is 26.4. The van der Waals surface area contributed by atoms with Crippen molar-refractivity contribution in [1.82, 2.24) is 10.2 Å². The first kappa shape index (κ1) is 25.5. The number of non-ortho nitro benzene ring substituents is 1. The van der Waals surface area contributed by atoms with Crippen molar-refractivity contribution in [3.8, 4) is 11.1 Å². The summed E-state index contributed by atoms with van der Waals surface area (Å²) in [6, 6.07) is 21.6. The molecule has 0 radical (unpaired) electrons. The smallest absolute Gasteiger partial charge is 0.269 e. The summed E-state index contributed by atoms with van der Waals surface area (Å²) >= 11 is 0. The van der Waals surface area contributed by atoms with Crippen LogP contribution in [0.5, 0.6) is 0 Å². The molecule has 2 atom stereocenters. The lowest BCUT2D eigenvalue weighted by molar-refractivity contribution is -0.384. The molecular formula is C27H26N4O6. The molecule has 10 nitrogen and oxygen atoms in total. The third-order valence-electron chi connectivity index (χ3n) is 6.14. The van der Waals surface area contributed by atoms with Crippen LogP contribution in [0.2, 0.25) is 0 Å². The van der Waals surface area contributed by atoms with Gasteiger partial charge in [0.05, 0.1) is 23.3 Å². The summed E-state index contributed by atoms with van der Waals surface area (Å²) < 4.78 is 0. The predicted molar refractivity (Wildman–Crippen MR) is 137 cm³/mol. The standard InChI is InChI=1S/C27H26N4O6/c1-37-29-22-15-24(26(33)28-16-25(32)20-11-13-23(14-12-20)31(35)36)30(17-22)27(34)21-9-7-19(8-10-21)18-5-3-2-4-6-18/h2-14,24-25,32H,15-17H2,1H3,(H,28,33)/t24-,25?/m0/s1. The molecular weight excluding hydrogens is 476 g/mol. The first-order chi connectivity index (χ1) is 17.9. The molecule has 2 amide bonds. The van der Waals surface area contributed by atoms with Crippen molar-refractivity contribution in [3.63, 3.8) is 0 Å². The monoisotopic (exact) mass is 502 g/mol. The van der Waals surface area contributed by atoms with Gasteiger partial charge in [-0.05, 0) is 41.0 Å². The summed E-state index contributed by atoms with van der Waals surface area (Å²) in [5, 5.41) is 27.9. The van der Waals surface area contributed by atoms with Crippen molar-refractivity contribution in [2.24, 2.45) is 5.16 Å². The van der Waals surface area contributed by atoms with Gasteiger partial charge < -0.3 is 20.2 Å². The fourth-order valence-electron chi connectivity index (χ4n) is 4.20. The fraction of sp³-hybridized carbons (Fsp3) is 0.222. The second kappa shape index (κ2) is 11.4. The second-order valence-electron chi connectivity index (χ2n) is 8.55. The zero-order valence-corrected chi connectivity index (χ0v) is 20.1. The highest BCUT2D eigenvalue weighted by Crippen LogP contribution is 2.23. The van der Waals surface area contributed by atoms with Crippen LogP contribution in [0.3, 0.4) is 0 Å². The topological polar surface area (TPSA) is 134 Å². The summed E-state index contributed by atoms with van der Waals surface area (Å²) in [6.07, 6.45) is -0.880. The third kappa shape index (κ3) is 5.99. The Balaban J connectivity index is 1.45. The van der Waals surface area contributed by atoms with E-state index in [0.717, 1.165) is 11.1 Å². The lowest BCUT2D eigenvalue weighted by atomic mass is 10.0. The number of carbonyl (C=O) groups excluding carboxylic acids is 2. The molecule has 1 aliphatic heterocycles. The van der Waals surface area contributed by atoms with Gasteiger partial charge in [0.25, 0.3) is 11.6 Å². The number of hydrogen-bond acceptors (Lipinski definition) is 7. The predicted octanol–water partition coefficient (Wildman–Crippen LogP) is 3.33. The Hall–Kier alpha value is -4.57. The highest BCUT2D eigenvalue weighted by atomic mass is 16.6. The molecule has 0 aliphatic carbocycles. The number of hydrogen-bond donors (Lipinski definition) is 2. The highest BCUT2D eigenvalue weighted by molar-refractivity contribution is 6.05. The fourth-order valence-corrected chi connectivity index (χ4v) is 4.20. The quantitative estimate of drug-likeness (QED) is 0.358. The molecule has 1 heterocycles. The van der Waals surface area contributed by atoms with E-state index in [4.69, 9.17) is 4.84 Å². The van der Waals surface area contributed by atoms with Crippen molar-refractivity contribution in [3.05, 3.63) is 100 Å². The summed E-state index contributed by atoms with van der Waals surface area (Å²) in [5.41, 5.74) is 3.30. The Kier molecular flexibility index (Phi) is 7.89. The van der Waals surface area contributed by atoms with Crippen molar-refractivity contribution in [2.45, 2.75) is 18.6 Å². The first-order valence-electron chi connectivity index (χ1n) is 11.6. The molecule has 10 heteroatoms. The van der Waals surface area contributed by atoms with Gasteiger partial charge in [-0.1, -0.05) is 47.6 Å². The van der Waals surface area contributed by atoms with E-state index < -0.39 is 23.0 Å². The Bertz CT molecular complexity index is 1290. The van der Waals surface area contributed by atoms with Crippen LogP contribution in [-0.2, 0) is 9.63 Å². The molecule has 3 aromatic carbocycles. The maximum Gasteiger partial charge on any atom is 0.269 e. The number of benzene rings is 3. The number of rotatable bonds is 8. The zero-order valence-electron chi connectivity index (χ0n) is 20.1. The van der Waals surface area contributed by atoms with Crippen LogP contribution in [0.1, 0.15) is 28.4 Å². The highest BCUT2D eigenvalue weighted by Gasteiger charge is 2.38. The minimum absolute atomic E-state index is 0.0955. The first-order valence-corrected chi connectivity index (χ1v) is 11.6. The molecule has 4 rings (SSSR count). The van der Waals surface area contributed by atoms with E-state index in [-0.39, 0.29) is 31.1 Å². The summed E-state index contributed by atoms with van der Waals surface area (Å²) in [7, 11) is 1.40. The van der Waals surface area contributed by atoms with E-state index in [9.17, 15) is 24.8 Å². The van der Waals surface area contributed by atoms with Crippen molar-refractivity contribution in [2.75, 3.05) is 20.2 Å². The molecule has 1 fully saturated rings. The average molecular weight is 503 g/mol. The summed E-state index contributed by atoms with van der Waals surface area (Å²) in [6.45, 7) is 0.00774. The number of nitrogens with zero attached hydrogens (tertiary/aromatic N) is 3. The maximum absolute atomic E-state index is 13.4. The molecule has 37 heavy (non-hydrogen) atoms. The van der Waals surface area contributed by atoms with Crippen LogP contribution in [0.4, 0.5) is 5.69 Å². The van der Waals surface area contributed by atoms with Gasteiger partial charge in [-0.25, -0.2) is 0 Å². The molecule has 1 saturated heterocycles.